The van der Waals surface area contributed by atoms with Crippen molar-refractivity contribution >= 4 is 11.4 Å². The van der Waals surface area contributed by atoms with Crippen molar-refractivity contribution < 1.29 is 9.84 Å². The van der Waals surface area contributed by atoms with Crippen molar-refractivity contribution in [3.63, 3.8) is 0 Å². The lowest BCUT2D eigenvalue weighted by Crippen LogP contribution is -2.30. The van der Waals surface area contributed by atoms with Gasteiger partial charge in [-0.3, -0.25) is 0 Å². The molecule has 1 rings (SSSR count). The SMILES string of the molecule is COCC(Nc1ccc(N(C)CCO)cc1)C(C)C. The molecule has 0 radical (unpaired) electrons. The van der Waals surface area contributed by atoms with Gasteiger partial charge in [0.2, 0.25) is 0 Å². The molecule has 0 aliphatic heterocycles. The number of aliphatic hydroxyl groups is 1. The van der Waals surface area contributed by atoms with Crippen LogP contribution in [0.5, 0.6) is 0 Å². The van der Waals surface area contributed by atoms with Gasteiger partial charge in [0.05, 0.1) is 19.3 Å². The first kappa shape index (κ1) is 15.8. The van der Waals surface area contributed by atoms with Crippen molar-refractivity contribution in [3.8, 4) is 0 Å². The van der Waals surface area contributed by atoms with Gasteiger partial charge in [-0.2, -0.15) is 0 Å². The molecule has 0 bridgehead atoms. The summed E-state index contributed by atoms with van der Waals surface area (Å²) in [5, 5.41) is 12.4. The summed E-state index contributed by atoms with van der Waals surface area (Å²) in [7, 11) is 3.70. The molecule has 4 heteroatoms. The van der Waals surface area contributed by atoms with Crippen LogP contribution in [0.3, 0.4) is 0 Å². The normalized spacial score (nSPS) is 12.5. The number of hydrogen-bond donors (Lipinski definition) is 2. The predicted molar refractivity (Wildman–Crippen MR) is 80.9 cm³/mol. The summed E-state index contributed by atoms with van der Waals surface area (Å²) in [5.74, 6) is 0.511. The Morgan fingerprint density at radius 3 is 2.37 bits per heavy atom. The van der Waals surface area contributed by atoms with Crippen molar-refractivity contribution in [2.24, 2.45) is 5.92 Å². The lowest BCUT2D eigenvalue weighted by atomic mass is 10.0. The number of methoxy groups -OCH3 is 1. The minimum atomic E-state index is 0.166. The number of ether oxygens (including phenoxy) is 1. The standard InChI is InChI=1S/C15H26N2O2/c1-12(2)15(11-19-4)16-13-5-7-14(8-6-13)17(3)9-10-18/h5-8,12,15-16,18H,9-11H2,1-4H3. The summed E-state index contributed by atoms with van der Waals surface area (Å²) in [5.41, 5.74) is 2.20. The summed E-state index contributed by atoms with van der Waals surface area (Å²) in [4.78, 5) is 2.03. The van der Waals surface area contributed by atoms with Gasteiger partial charge in [0.1, 0.15) is 0 Å². The third-order valence-electron chi connectivity index (χ3n) is 3.25. The Morgan fingerprint density at radius 2 is 1.89 bits per heavy atom. The summed E-state index contributed by atoms with van der Waals surface area (Å²) in [6, 6.07) is 8.55. The van der Waals surface area contributed by atoms with Gasteiger partial charge in [0.15, 0.2) is 0 Å². The van der Waals surface area contributed by atoms with Crippen molar-refractivity contribution in [3.05, 3.63) is 24.3 Å². The Morgan fingerprint density at radius 1 is 1.26 bits per heavy atom. The molecular weight excluding hydrogens is 240 g/mol. The van der Waals surface area contributed by atoms with Gasteiger partial charge < -0.3 is 20.1 Å². The van der Waals surface area contributed by atoms with Crippen molar-refractivity contribution in [2.45, 2.75) is 19.9 Å². The van der Waals surface area contributed by atoms with E-state index in [9.17, 15) is 0 Å². The third-order valence-corrected chi connectivity index (χ3v) is 3.25. The summed E-state index contributed by atoms with van der Waals surface area (Å²) in [6.07, 6.45) is 0. The highest BCUT2D eigenvalue weighted by atomic mass is 16.5. The maximum atomic E-state index is 8.92. The molecular formula is C15H26N2O2. The molecule has 0 aliphatic carbocycles. The fraction of sp³-hybridized carbons (Fsp3) is 0.600. The largest absolute Gasteiger partial charge is 0.395 e. The molecule has 1 aromatic carbocycles. The second-order valence-corrected chi connectivity index (χ2v) is 5.14. The number of rotatable bonds is 8. The number of aliphatic hydroxyl groups excluding tert-OH is 1. The topological polar surface area (TPSA) is 44.7 Å². The van der Waals surface area contributed by atoms with E-state index in [1.165, 1.54) is 0 Å². The van der Waals surface area contributed by atoms with E-state index in [1.54, 1.807) is 7.11 Å². The van der Waals surface area contributed by atoms with Crippen LogP contribution in [0.25, 0.3) is 0 Å². The van der Waals surface area contributed by atoms with Crippen molar-refractivity contribution in [1.29, 1.82) is 0 Å². The van der Waals surface area contributed by atoms with E-state index in [0.717, 1.165) is 11.4 Å². The molecule has 0 saturated carbocycles. The van der Waals surface area contributed by atoms with Crippen molar-refractivity contribution in [1.82, 2.24) is 0 Å². The summed E-state index contributed by atoms with van der Waals surface area (Å²) < 4.78 is 5.23. The van der Waals surface area contributed by atoms with Crippen LogP contribution in [0, 0.1) is 5.92 Å². The van der Waals surface area contributed by atoms with Gasteiger partial charge in [0.25, 0.3) is 0 Å². The van der Waals surface area contributed by atoms with Gasteiger partial charge in [-0.25, -0.2) is 0 Å². The number of nitrogens with one attached hydrogen (secondary N) is 1. The molecule has 1 aromatic rings. The first-order valence-electron chi connectivity index (χ1n) is 6.76. The third kappa shape index (κ3) is 5.09. The van der Waals surface area contributed by atoms with Gasteiger partial charge in [0, 0.05) is 32.1 Å². The van der Waals surface area contributed by atoms with Crippen LogP contribution in [0.4, 0.5) is 11.4 Å². The zero-order valence-corrected chi connectivity index (χ0v) is 12.4. The molecule has 0 aliphatic rings. The Bertz CT molecular complexity index is 352. The lowest BCUT2D eigenvalue weighted by Gasteiger charge is -2.23. The lowest BCUT2D eigenvalue weighted by molar-refractivity contribution is 0.171. The zero-order chi connectivity index (χ0) is 14.3. The number of nitrogens with zero attached hydrogens (tertiary/aromatic N) is 1. The smallest absolute Gasteiger partial charge is 0.0666 e. The maximum absolute atomic E-state index is 8.92. The molecule has 0 aromatic heterocycles. The minimum Gasteiger partial charge on any atom is -0.395 e. The van der Waals surface area contributed by atoms with E-state index in [2.05, 4.69) is 43.4 Å². The molecule has 0 amide bonds. The van der Waals surface area contributed by atoms with Crippen LogP contribution in [-0.4, -0.2) is 45.1 Å². The minimum absolute atomic E-state index is 0.166. The van der Waals surface area contributed by atoms with Crippen LogP contribution >= 0.6 is 0 Å². The summed E-state index contributed by atoms with van der Waals surface area (Å²) in [6.45, 7) is 5.87. The van der Waals surface area contributed by atoms with Crippen LogP contribution in [0.1, 0.15) is 13.8 Å². The molecule has 1 unspecified atom stereocenters. The average Bonchev–Trinajstić information content (AvgIpc) is 2.39. The van der Waals surface area contributed by atoms with Crippen molar-refractivity contribution in [2.75, 3.05) is 44.1 Å². The highest BCUT2D eigenvalue weighted by Crippen LogP contribution is 2.18. The van der Waals surface area contributed by atoms with E-state index in [0.29, 0.717) is 25.1 Å². The Labute approximate surface area is 116 Å². The number of benzene rings is 1. The molecule has 2 N–H and O–H groups in total. The monoisotopic (exact) mass is 266 g/mol. The highest BCUT2D eigenvalue weighted by molar-refractivity contribution is 5.55. The molecule has 19 heavy (non-hydrogen) atoms. The Hall–Kier alpha value is -1.26. The summed E-state index contributed by atoms with van der Waals surface area (Å²) >= 11 is 0. The molecule has 0 fully saturated rings. The number of likely N-dealkylation sites (N-methyl/N-ethyl adjacent to an activating group) is 1. The fourth-order valence-electron chi connectivity index (χ4n) is 1.89. The van der Waals surface area contributed by atoms with E-state index in [1.807, 2.05) is 11.9 Å². The first-order chi connectivity index (χ1) is 9.08. The van der Waals surface area contributed by atoms with Crippen LogP contribution in [0.2, 0.25) is 0 Å². The second kappa shape index (κ2) is 8.02. The first-order valence-corrected chi connectivity index (χ1v) is 6.76. The molecule has 0 spiro atoms. The highest BCUT2D eigenvalue weighted by Gasteiger charge is 2.12. The average molecular weight is 266 g/mol. The predicted octanol–water partition coefficient (Wildman–Crippen LogP) is 2.20. The fourth-order valence-corrected chi connectivity index (χ4v) is 1.89. The number of anilines is 2. The second-order valence-electron chi connectivity index (χ2n) is 5.14. The molecule has 0 saturated heterocycles. The van der Waals surface area contributed by atoms with Gasteiger partial charge in [-0.1, -0.05) is 13.8 Å². The molecule has 0 heterocycles. The van der Waals surface area contributed by atoms with Gasteiger partial charge >= 0.3 is 0 Å². The Kier molecular flexibility index (Phi) is 6.67. The van der Waals surface area contributed by atoms with Gasteiger partial charge in [-0.05, 0) is 30.2 Å². The van der Waals surface area contributed by atoms with Crippen LogP contribution < -0.4 is 10.2 Å². The molecule has 4 nitrogen and oxygen atoms in total. The molecule has 108 valence electrons. The Balaban J connectivity index is 2.65. The van der Waals surface area contributed by atoms with E-state index < -0.39 is 0 Å². The number of hydrogen-bond acceptors (Lipinski definition) is 4. The quantitative estimate of drug-likeness (QED) is 0.757. The van der Waals surface area contributed by atoms with Crippen LogP contribution in [0.15, 0.2) is 24.3 Å². The van der Waals surface area contributed by atoms with Gasteiger partial charge in [-0.15, -0.1) is 0 Å². The van der Waals surface area contributed by atoms with E-state index in [-0.39, 0.29) is 6.61 Å². The van der Waals surface area contributed by atoms with E-state index >= 15 is 0 Å². The van der Waals surface area contributed by atoms with Crippen LogP contribution in [-0.2, 0) is 4.74 Å². The zero-order valence-electron chi connectivity index (χ0n) is 12.4. The van der Waals surface area contributed by atoms with E-state index in [4.69, 9.17) is 9.84 Å². The molecule has 1 atom stereocenters. The maximum Gasteiger partial charge on any atom is 0.0666 e.